The zero-order chi connectivity index (χ0) is 22.1. The van der Waals surface area contributed by atoms with Gasteiger partial charge in [-0.25, -0.2) is 0 Å². The highest BCUT2D eigenvalue weighted by Crippen LogP contribution is 2.36. The van der Waals surface area contributed by atoms with Gasteiger partial charge in [-0.3, -0.25) is 9.78 Å². The average molecular weight is 430 g/mol. The van der Waals surface area contributed by atoms with Crippen molar-refractivity contribution in [2.24, 2.45) is 5.92 Å². The van der Waals surface area contributed by atoms with Crippen LogP contribution in [-0.4, -0.2) is 33.9 Å². The normalized spacial score (nSPS) is 18.4. The molecule has 1 aliphatic carbocycles. The number of benzene rings is 1. The number of aryl methyl sites for hydroxylation is 2. The van der Waals surface area contributed by atoms with Crippen molar-refractivity contribution < 1.29 is 4.79 Å². The van der Waals surface area contributed by atoms with Gasteiger partial charge in [0.1, 0.15) is 0 Å². The van der Waals surface area contributed by atoms with Crippen LogP contribution in [0.15, 0.2) is 36.5 Å². The van der Waals surface area contributed by atoms with Crippen LogP contribution < -0.4 is 0 Å². The number of hydrogen-bond acceptors (Lipinski definition) is 2. The molecule has 4 heteroatoms. The quantitative estimate of drug-likeness (QED) is 0.522. The molecule has 1 saturated carbocycles. The molecule has 4 nitrogen and oxygen atoms in total. The zero-order valence-corrected chi connectivity index (χ0v) is 19.5. The van der Waals surface area contributed by atoms with Gasteiger partial charge in [0.05, 0.1) is 0 Å². The number of fused-ring (bicyclic) bond motifs is 1. The summed E-state index contributed by atoms with van der Waals surface area (Å²) in [5.74, 6) is 1.26. The number of piperidine rings is 1. The first-order chi connectivity index (χ1) is 15.6. The third kappa shape index (κ3) is 4.07. The summed E-state index contributed by atoms with van der Waals surface area (Å²) in [6.45, 7) is 6.10. The molecule has 168 valence electrons. The second-order valence-electron chi connectivity index (χ2n) is 9.76. The topological polar surface area (TPSA) is 49.0 Å². The smallest absolute Gasteiger partial charge is 0.225 e. The van der Waals surface area contributed by atoms with E-state index in [1.807, 2.05) is 13.1 Å². The van der Waals surface area contributed by atoms with E-state index in [9.17, 15) is 4.79 Å². The van der Waals surface area contributed by atoms with Gasteiger partial charge < -0.3 is 9.88 Å². The van der Waals surface area contributed by atoms with E-state index in [1.165, 1.54) is 52.5 Å². The lowest BCUT2D eigenvalue weighted by Crippen LogP contribution is -2.41. The number of rotatable bonds is 4. The highest BCUT2D eigenvalue weighted by Gasteiger charge is 2.29. The van der Waals surface area contributed by atoms with Crippen LogP contribution in [-0.2, 0) is 11.2 Å². The Hall–Kier alpha value is -2.62. The van der Waals surface area contributed by atoms with Crippen molar-refractivity contribution in [2.45, 2.75) is 71.1 Å². The number of amides is 1. The van der Waals surface area contributed by atoms with Gasteiger partial charge >= 0.3 is 0 Å². The van der Waals surface area contributed by atoms with Crippen molar-refractivity contribution in [1.29, 1.82) is 0 Å². The number of nitrogens with one attached hydrogen (secondary N) is 1. The van der Waals surface area contributed by atoms with E-state index < -0.39 is 0 Å². The average Bonchev–Trinajstić information content (AvgIpc) is 3.22. The fraction of sp³-hybridized carbons (Fsp3) is 0.500. The summed E-state index contributed by atoms with van der Waals surface area (Å²) in [7, 11) is 0. The molecule has 1 saturated heterocycles. The molecule has 2 aliphatic rings. The monoisotopic (exact) mass is 429 g/mol. The first-order valence-electron chi connectivity index (χ1n) is 12.5. The fourth-order valence-corrected chi connectivity index (χ4v) is 5.87. The molecule has 1 aromatic carbocycles. The van der Waals surface area contributed by atoms with Gasteiger partial charge in [-0.05, 0) is 80.3 Å². The van der Waals surface area contributed by atoms with Gasteiger partial charge in [-0.15, -0.1) is 0 Å². The molecular formula is C28H35N3O. The van der Waals surface area contributed by atoms with Gasteiger partial charge in [-0.2, -0.15) is 0 Å². The number of pyridine rings is 1. The van der Waals surface area contributed by atoms with Gasteiger partial charge in [0.15, 0.2) is 0 Å². The van der Waals surface area contributed by atoms with Crippen molar-refractivity contribution in [3.8, 4) is 11.3 Å². The van der Waals surface area contributed by atoms with E-state index in [2.05, 4.69) is 52.1 Å². The molecule has 0 unspecified atom stereocenters. The lowest BCUT2D eigenvalue weighted by atomic mass is 9.85. The molecule has 1 N–H and O–H groups in total. The van der Waals surface area contributed by atoms with Gasteiger partial charge in [0, 0.05) is 53.1 Å². The van der Waals surface area contributed by atoms with E-state index in [1.54, 1.807) is 0 Å². The van der Waals surface area contributed by atoms with E-state index in [-0.39, 0.29) is 0 Å². The van der Waals surface area contributed by atoms with Crippen molar-refractivity contribution in [1.82, 2.24) is 14.9 Å². The molecule has 0 spiro atoms. The second kappa shape index (κ2) is 9.09. The molecule has 0 atom stereocenters. The summed E-state index contributed by atoms with van der Waals surface area (Å²) < 4.78 is 0. The van der Waals surface area contributed by atoms with Crippen molar-refractivity contribution in [3.63, 3.8) is 0 Å². The van der Waals surface area contributed by atoms with Crippen molar-refractivity contribution in [3.05, 3.63) is 53.3 Å². The molecule has 1 aliphatic heterocycles. The van der Waals surface area contributed by atoms with Gasteiger partial charge in [0.2, 0.25) is 5.91 Å². The number of carbonyl (C=O) groups is 1. The lowest BCUT2D eigenvalue weighted by molar-refractivity contribution is -0.137. The van der Waals surface area contributed by atoms with Crippen LogP contribution in [0.25, 0.3) is 22.2 Å². The predicted octanol–water partition coefficient (Wildman–Crippen LogP) is 6.39. The maximum atomic E-state index is 12.9. The van der Waals surface area contributed by atoms with Crippen LogP contribution >= 0.6 is 0 Å². The van der Waals surface area contributed by atoms with Crippen LogP contribution in [0, 0.1) is 12.8 Å². The second-order valence-corrected chi connectivity index (χ2v) is 9.76. The number of likely N-dealkylation sites (tertiary alicyclic amines) is 1. The summed E-state index contributed by atoms with van der Waals surface area (Å²) in [6, 6.07) is 11.2. The fourth-order valence-electron chi connectivity index (χ4n) is 5.87. The molecule has 2 fully saturated rings. The zero-order valence-electron chi connectivity index (χ0n) is 19.5. The van der Waals surface area contributed by atoms with Crippen LogP contribution in [0.5, 0.6) is 0 Å². The highest BCUT2D eigenvalue weighted by atomic mass is 16.2. The molecule has 32 heavy (non-hydrogen) atoms. The van der Waals surface area contributed by atoms with Crippen LogP contribution in [0.1, 0.15) is 74.6 Å². The molecule has 0 radical (unpaired) electrons. The Morgan fingerprint density at radius 2 is 1.84 bits per heavy atom. The Kier molecular flexibility index (Phi) is 6.03. The Bertz CT molecular complexity index is 1100. The number of carbonyl (C=O) groups excluding carboxylic acids is 1. The SMILES string of the molecule is CCc1c(-c2ccnc(C)c2)[nH]c2ccc(C3CCN(C(=O)C4CCCCC4)CC3)cc12. The number of aromatic amines is 1. The summed E-state index contributed by atoms with van der Waals surface area (Å²) in [5.41, 5.74) is 7.49. The van der Waals surface area contributed by atoms with Crippen molar-refractivity contribution in [2.75, 3.05) is 13.1 Å². The Labute approximate surface area is 191 Å². The van der Waals surface area contributed by atoms with Gasteiger partial charge in [-0.1, -0.05) is 32.3 Å². The Balaban J connectivity index is 1.35. The van der Waals surface area contributed by atoms with Crippen molar-refractivity contribution >= 4 is 16.8 Å². The molecule has 2 aromatic heterocycles. The predicted molar refractivity (Wildman–Crippen MR) is 131 cm³/mol. The third-order valence-corrected chi connectivity index (χ3v) is 7.70. The molecule has 1 amide bonds. The van der Waals surface area contributed by atoms with E-state index in [4.69, 9.17) is 0 Å². The molecule has 3 aromatic rings. The van der Waals surface area contributed by atoms with Gasteiger partial charge in [0.25, 0.3) is 0 Å². The van der Waals surface area contributed by atoms with E-state index in [0.717, 1.165) is 50.9 Å². The summed E-state index contributed by atoms with van der Waals surface area (Å²) >= 11 is 0. The minimum Gasteiger partial charge on any atom is -0.354 e. The van der Waals surface area contributed by atoms with E-state index in [0.29, 0.717) is 17.7 Å². The Morgan fingerprint density at radius 1 is 1.06 bits per heavy atom. The first kappa shape index (κ1) is 21.2. The molecular weight excluding hydrogens is 394 g/mol. The number of nitrogens with zero attached hydrogens (tertiary/aromatic N) is 2. The molecule has 5 rings (SSSR count). The first-order valence-corrected chi connectivity index (χ1v) is 12.5. The Morgan fingerprint density at radius 3 is 2.56 bits per heavy atom. The number of H-pyrrole nitrogens is 1. The number of aromatic nitrogens is 2. The minimum atomic E-state index is 0.291. The maximum Gasteiger partial charge on any atom is 0.225 e. The molecule has 0 bridgehead atoms. The lowest BCUT2D eigenvalue weighted by Gasteiger charge is -2.35. The highest BCUT2D eigenvalue weighted by molar-refractivity contribution is 5.91. The van der Waals surface area contributed by atoms with Crippen LogP contribution in [0.2, 0.25) is 0 Å². The summed E-state index contributed by atoms with van der Waals surface area (Å²) in [6.07, 6.45) is 11.0. The largest absolute Gasteiger partial charge is 0.354 e. The van der Waals surface area contributed by atoms with Crippen LogP contribution in [0.4, 0.5) is 0 Å². The standard InChI is InChI=1S/C28H35N3O/c1-3-24-25-18-22(9-10-26(25)30-27(24)23-11-14-29-19(2)17-23)20-12-15-31(16-13-20)28(32)21-7-5-4-6-8-21/h9-11,14,17-18,20-21,30H,3-8,12-13,15-16H2,1-2H3. The van der Waals surface area contributed by atoms with Crippen LogP contribution in [0.3, 0.4) is 0 Å². The summed E-state index contributed by atoms with van der Waals surface area (Å²) in [5, 5.41) is 1.34. The maximum absolute atomic E-state index is 12.9. The van der Waals surface area contributed by atoms with E-state index >= 15 is 0 Å². The minimum absolute atomic E-state index is 0.291. The molecule has 3 heterocycles. The third-order valence-electron chi connectivity index (χ3n) is 7.70. The summed E-state index contributed by atoms with van der Waals surface area (Å²) in [4.78, 5) is 23.1. The number of hydrogen-bond donors (Lipinski definition) is 1.